The molecule has 0 spiro atoms. The van der Waals surface area contributed by atoms with Crippen LogP contribution in [0.25, 0.3) is 11.1 Å². The normalized spacial score (nSPS) is 18.6. The molecule has 4 rings (SSSR count). The van der Waals surface area contributed by atoms with Gasteiger partial charge in [-0.2, -0.15) is 0 Å². The van der Waals surface area contributed by atoms with Gasteiger partial charge in [-0.25, -0.2) is 0 Å². The quantitative estimate of drug-likeness (QED) is 0.668. The van der Waals surface area contributed by atoms with Crippen molar-refractivity contribution in [2.24, 2.45) is 0 Å². The molecular weight excluding hydrogens is 394 g/mol. The van der Waals surface area contributed by atoms with Crippen LogP contribution >= 0.6 is 23.5 Å². The highest BCUT2D eigenvalue weighted by Gasteiger charge is 2.58. The Kier molecular flexibility index (Phi) is 6.32. The molecule has 1 aliphatic carbocycles. The molecule has 2 aliphatic rings. The standard InChI is InChI=1S/C25H29NOS2/c1-3-26(2)17-10-4-9-16-24(28-18-11-19-29-24)25(27)22-14-7-5-12-20(22)21-13-6-8-15-23(21)25/h5-8,12-15,27H,3,9,11,16-19H2,1-2H3. The summed E-state index contributed by atoms with van der Waals surface area (Å²) in [6.07, 6.45) is 2.89. The van der Waals surface area contributed by atoms with Crippen molar-refractivity contribution in [3.63, 3.8) is 0 Å². The third-order valence-corrected chi connectivity index (χ3v) is 9.65. The maximum atomic E-state index is 12.5. The van der Waals surface area contributed by atoms with Gasteiger partial charge in [-0.1, -0.05) is 61.4 Å². The summed E-state index contributed by atoms with van der Waals surface area (Å²) in [7, 11) is 2.10. The number of hydrogen-bond acceptors (Lipinski definition) is 4. The molecule has 0 atom stereocenters. The first kappa shape index (κ1) is 20.9. The van der Waals surface area contributed by atoms with E-state index >= 15 is 0 Å². The lowest BCUT2D eigenvalue weighted by Gasteiger charge is -2.47. The summed E-state index contributed by atoms with van der Waals surface area (Å²) in [6.45, 7) is 3.97. The summed E-state index contributed by atoms with van der Waals surface area (Å²) >= 11 is 3.88. The van der Waals surface area contributed by atoms with Gasteiger partial charge in [-0.15, -0.1) is 29.4 Å². The summed E-state index contributed by atoms with van der Waals surface area (Å²) in [6, 6.07) is 16.8. The molecule has 1 fully saturated rings. The van der Waals surface area contributed by atoms with E-state index in [9.17, 15) is 5.11 Å². The van der Waals surface area contributed by atoms with Crippen molar-refractivity contribution in [3.05, 3.63) is 59.7 Å². The molecule has 0 unspecified atom stereocenters. The molecule has 1 aliphatic heterocycles. The lowest BCUT2D eigenvalue weighted by molar-refractivity contribution is 0.0691. The zero-order chi connectivity index (χ0) is 20.3. The van der Waals surface area contributed by atoms with Gasteiger partial charge < -0.3 is 5.11 Å². The Morgan fingerprint density at radius 1 is 0.966 bits per heavy atom. The van der Waals surface area contributed by atoms with E-state index in [1.165, 1.54) is 17.5 Å². The SMILES string of the molecule is CCN(C)CC#CCCC1(C2(O)c3ccccc3-c3ccccc32)SCCCS1. The van der Waals surface area contributed by atoms with Crippen molar-refractivity contribution in [3.8, 4) is 23.0 Å². The van der Waals surface area contributed by atoms with Gasteiger partial charge >= 0.3 is 0 Å². The molecule has 1 heterocycles. The zero-order valence-corrected chi connectivity index (χ0v) is 18.9. The molecule has 0 aromatic heterocycles. The number of benzene rings is 2. The maximum absolute atomic E-state index is 12.5. The van der Waals surface area contributed by atoms with Crippen molar-refractivity contribution < 1.29 is 5.11 Å². The highest BCUT2D eigenvalue weighted by Crippen LogP contribution is 2.63. The Morgan fingerprint density at radius 3 is 2.14 bits per heavy atom. The van der Waals surface area contributed by atoms with Crippen LogP contribution in [0.15, 0.2) is 48.5 Å². The number of fused-ring (bicyclic) bond motifs is 3. The van der Waals surface area contributed by atoms with Crippen LogP contribution in [0.1, 0.15) is 37.3 Å². The summed E-state index contributed by atoms with van der Waals surface area (Å²) < 4.78 is -0.306. The van der Waals surface area contributed by atoms with E-state index in [4.69, 9.17) is 0 Å². The molecule has 0 radical (unpaired) electrons. The summed E-state index contributed by atoms with van der Waals surface area (Å²) in [5.41, 5.74) is 3.47. The van der Waals surface area contributed by atoms with E-state index in [2.05, 4.69) is 79.2 Å². The highest BCUT2D eigenvalue weighted by molar-refractivity contribution is 8.18. The van der Waals surface area contributed by atoms with Crippen molar-refractivity contribution >= 4 is 23.5 Å². The Bertz CT molecular complexity index is 878. The lowest BCUT2D eigenvalue weighted by atomic mass is 9.85. The molecule has 4 heteroatoms. The average Bonchev–Trinajstić information content (AvgIpc) is 3.04. The van der Waals surface area contributed by atoms with Crippen molar-refractivity contribution in [1.82, 2.24) is 4.90 Å². The molecule has 0 bridgehead atoms. The smallest absolute Gasteiger partial charge is 0.140 e. The van der Waals surface area contributed by atoms with E-state index in [1.54, 1.807) is 0 Å². The van der Waals surface area contributed by atoms with Crippen LogP contribution in [0.4, 0.5) is 0 Å². The largest absolute Gasteiger partial charge is 0.378 e. The van der Waals surface area contributed by atoms with Gasteiger partial charge in [0.05, 0.1) is 10.6 Å². The first-order valence-corrected chi connectivity index (χ1v) is 12.4. The van der Waals surface area contributed by atoms with Crippen LogP contribution in [0, 0.1) is 11.8 Å². The van der Waals surface area contributed by atoms with Crippen LogP contribution < -0.4 is 0 Å². The molecule has 1 N–H and O–H groups in total. The Morgan fingerprint density at radius 2 is 1.55 bits per heavy atom. The predicted molar refractivity (Wildman–Crippen MR) is 127 cm³/mol. The molecule has 1 saturated heterocycles. The number of rotatable bonds is 5. The Labute approximate surface area is 183 Å². The molecule has 2 aromatic carbocycles. The van der Waals surface area contributed by atoms with Crippen LogP contribution in [-0.4, -0.2) is 45.7 Å². The van der Waals surface area contributed by atoms with E-state index < -0.39 is 5.60 Å². The number of thioether (sulfide) groups is 2. The molecule has 2 aromatic rings. The molecular formula is C25H29NOS2. The first-order chi connectivity index (χ1) is 14.1. The predicted octanol–water partition coefficient (Wildman–Crippen LogP) is 5.20. The Hall–Kier alpha value is -1.38. The second kappa shape index (κ2) is 8.78. The third-order valence-electron chi connectivity index (χ3n) is 6.03. The monoisotopic (exact) mass is 423 g/mol. The fourth-order valence-corrected chi connectivity index (χ4v) is 7.95. The number of hydrogen-bond donors (Lipinski definition) is 1. The molecule has 2 nitrogen and oxygen atoms in total. The maximum Gasteiger partial charge on any atom is 0.140 e. The Balaban J connectivity index is 1.71. The third kappa shape index (κ3) is 3.64. The van der Waals surface area contributed by atoms with Gasteiger partial charge in [0.2, 0.25) is 0 Å². The minimum atomic E-state index is -0.988. The van der Waals surface area contributed by atoms with Crippen LogP contribution in [0.2, 0.25) is 0 Å². The summed E-state index contributed by atoms with van der Waals surface area (Å²) in [4.78, 5) is 2.21. The van der Waals surface area contributed by atoms with Crippen molar-refractivity contribution in [2.75, 3.05) is 31.6 Å². The fraction of sp³-hybridized carbons (Fsp3) is 0.440. The van der Waals surface area contributed by atoms with Crippen molar-refractivity contribution in [1.29, 1.82) is 0 Å². The highest BCUT2D eigenvalue weighted by atomic mass is 32.2. The van der Waals surface area contributed by atoms with Crippen LogP contribution in [0.5, 0.6) is 0 Å². The number of nitrogens with zero attached hydrogens (tertiary/aromatic N) is 1. The molecule has 152 valence electrons. The fourth-order valence-electron chi connectivity index (χ4n) is 4.35. The van der Waals surface area contributed by atoms with E-state index in [0.29, 0.717) is 0 Å². The van der Waals surface area contributed by atoms with E-state index in [-0.39, 0.29) is 4.08 Å². The molecule has 29 heavy (non-hydrogen) atoms. The lowest BCUT2D eigenvalue weighted by Crippen LogP contribution is -2.48. The molecule has 0 amide bonds. The number of aliphatic hydroxyl groups is 1. The van der Waals surface area contributed by atoms with Gasteiger partial charge in [0.25, 0.3) is 0 Å². The van der Waals surface area contributed by atoms with Gasteiger partial charge in [0.1, 0.15) is 5.60 Å². The second-order valence-electron chi connectivity index (χ2n) is 7.79. The summed E-state index contributed by atoms with van der Waals surface area (Å²) in [5, 5.41) is 12.5. The van der Waals surface area contributed by atoms with Crippen molar-refractivity contribution in [2.45, 2.75) is 35.9 Å². The minimum absolute atomic E-state index is 0.306. The van der Waals surface area contributed by atoms with Gasteiger partial charge in [-0.05, 0) is 60.2 Å². The van der Waals surface area contributed by atoms with Gasteiger partial charge in [-0.3, -0.25) is 4.90 Å². The van der Waals surface area contributed by atoms with Gasteiger partial charge in [0.15, 0.2) is 0 Å². The van der Waals surface area contributed by atoms with E-state index in [0.717, 1.165) is 48.6 Å². The second-order valence-corrected chi connectivity index (χ2v) is 10.8. The average molecular weight is 424 g/mol. The topological polar surface area (TPSA) is 23.5 Å². The van der Waals surface area contributed by atoms with Crippen LogP contribution in [0.3, 0.4) is 0 Å². The zero-order valence-electron chi connectivity index (χ0n) is 17.3. The van der Waals surface area contributed by atoms with Crippen LogP contribution in [-0.2, 0) is 5.60 Å². The minimum Gasteiger partial charge on any atom is -0.378 e. The molecule has 0 saturated carbocycles. The van der Waals surface area contributed by atoms with Gasteiger partial charge in [0, 0.05) is 6.42 Å². The summed E-state index contributed by atoms with van der Waals surface area (Å²) in [5.74, 6) is 8.87. The first-order valence-electron chi connectivity index (χ1n) is 10.5. The van der Waals surface area contributed by atoms with E-state index in [1.807, 2.05) is 23.5 Å².